The molecule has 2 aromatic rings. The Hall–Kier alpha value is -1.91. The molecule has 2 rings (SSSR count). The summed E-state index contributed by atoms with van der Waals surface area (Å²) in [6, 6.07) is 3.18. The zero-order chi connectivity index (χ0) is 8.39. The fraction of sp³-hybridized carbons (Fsp3) is 0. The van der Waals surface area contributed by atoms with Crippen LogP contribution in [0.15, 0.2) is 40.1 Å². The highest BCUT2D eigenvalue weighted by Crippen LogP contribution is 1.98. The maximum absolute atomic E-state index is 10.7. The molecule has 0 spiro atoms. The molecule has 0 amide bonds. The van der Waals surface area contributed by atoms with E-state index in [4.69, 9.17) is 4.42 Å². The third-order valence-electron chi connectivity index (χ3n) is 1.37. The normalized spacial score (nSPS) is 10.0. The summed E-state index contributed by atoms with van der Waals surface area (Å²) >= 11 is 0. The molecule has 0 N–H and O–H groups in total. The quantitative estimate of drug-likeness (QED) is 0.603. The van der Waals surface area contributed by atoms with Gasteiger partial charge in [0.1, 0.15) is 0 Å². The van der Waals surface area contributed by atoms with Crippen LogP contribution in [0.25, 0.3) is 6.01 Å². The summed E-state index contributed by atoms with van der Waals surface area (Å²) in [4.78, 5) is 10.7. The molecule has 2 aromatic heterocycles. The van der Waals surface area contributed by atoms with Crippen molar-refractivity contribution in [2.75, 3.05) is 0 Å². The summed E-state index contributed by atoms with van der Waals surface area (Å²) in [5.41, 5.74) is -0.0502. The molecule has 0 bridgehead atoms. The molecule has 0 radical (unpaired) electrons. The van der Waals surface area contributed by atoms with Crippen LogP contribution in [-0.4, -0.2) is 14.8 Å². The van der Waals surface area contributed by atoms with Crippen molar-refractivity contribution < 1.29 is 4.42 Å². The average molecular weight is 163 g/mol. The van der Waals surface area contributed by atoms with Gasteiger partial charge in [0, 0.05) is 24.5 Å². The van der Waals surface area contributed by atoms with Gasteiger partial charge in [0.2, 0.25) is 6.39 Å². The second-order valence-electron chi connectivity index (χ2n) is 2.16. The highest BCUT2D eigenvalue weighted by Gasteiger charge is 1.97. The van der Waals surface area contributed by atoms with E-state index in [1.54, 1.807) is 17.0 Å². The predicted molar refractivity (Wildman–Crippen MR) is 39.9 cm³/mol. The van der Waals surface area contributed by atoms with Gasteiger partial charge in [0.15, 0.2) is 5.43 Å². The molecule has 2 heterocycles. The van der Waals surface area contributed by atoms with Crippen molar-refractivity contribution in [2.24, 2.45) is 0 Å². The van der Waals surface area contributed by atoms with E-state index >= 15 is 0 Å². The van der Waals surface area contributed by atoms with E-state index in [0.29, 0.717) is 6.01 Å². The number of hydrogen-bond donors (Lipinski definition) is 0. The fourth-order valence-corrected chi connectivity index (χ4v) is 0.820. The molecule has 0 fully saturated rings. The second kappa shape index (κ2) is 2.61. The third-order valence-corrected chi connectivity index (χ3v) is 1.37. The van der Waals surface area contributed by atoms with Gasteiger partial charge < -0.3 is 4.42 Å². The number of hydrogen-bond acceptors (Lipinski definition) is 4. The molecule has 5 heteroatoms. The van der Waals surface area contributed by atoms with Crippen LogP contribution in [0.2, 0.25) is 0 Å². The number of aromatic nitrogens is 3. The first-order valence-corrected chi connectivity index (χ1v) is 3.31. The summed E-state index contributed by atoms with van der Waals surface area (Å²) in [5.74, 6) is 0. The Balaban J connectivity index is 2.49. The van der Waals surface area contributed by atoms with Crippen LogP contribution in [-0.2, 0) is 0 Å². The van der Waals surface area contributed by atoms with Crippen molar-refractivity contribution in [3.63, 3.8) is 0 Å². The zero-order valence-electron chi connectivity index (χ0n) is 6.04. The molecule has 60 valence electrons. The molecule has 0 aliphatic rings. The van der Waals surface area contributed by atoms with Crippen molar-refractivity contribution in [3.8, 4) is 6.01 Å². The Kier molecular flexibility index (Phi) is 1.48. The van der Waals surface area contributed by atoms with E-state index in [2.05, 4.69) is 10.2 Å². The first-order valence-electron chi connectivity index (χ1n) is 3.31. The van der Waals surface area contributed by atoms with E-state index in [1.807, 2.05) is 0 Å². The molecule has 12 heavy (non-hydrogen) atoms. The molecule has 0 aromatic carbocycles. The molecular formula is C7H5N3O2. The minimum atomic E-state index is -0.0502. The summed E-state index contributed by atoms with van der Waals surface area (Å²) < 4.78 is 6.46. The van der Waals surface area contributed by atoms with Gasteiger partial charge in [-0.15, -0.1) is 5.10 Å². The highest BCUT2D eigenvalue weighted by atomic mass is 16.4. The van der Waals surface area contributed by atoms with E-state index in [-0.39, 0.29) is 5.43 Å². The Bertz CT molecular complexity index is 398. The van der Waals surface area contributed by atoms with Crippen LogP contribution in [0.3, 0.4) is 0 Å². The van der Waals surface area contributed by atoms with Gasteiger partial charge in [-0.3, -0.25) is 9.36 Å². The first-order chi connectivity index (χ1) is 5.86. The minimum Gasteiger partial charge on any atom is -0.410 e. The lowest BCUT2D eigenvalue weighted by atomic mass is 10.5. The van der Waals surface area contributed by atoms with Gasteiger partial charge >= 0.3 is 6.01 Å². The third kappa shape index (κ3) is 1.12. The molecule has 0 saturated heterocycles. The molecular weight excluding hydrogens is 158 g/mol. The van der Waals surface area contributed by atoms with Crippen molar-refractivity contribution in [2.45, 2.75) is 0 Å². The van der Waals surface area contributed by atoms with Crippen molar-refractivity contribution >= 4 is 0 Å². The van der Waals surface area contributed by atoms with Gasteiger partial charge in [-0.05, 0) is 0 Å². The lowest BCUT2D eigenvalue weighted by molar-refractivity contribution is 0.523. The Morgan fingerprint density at radius 2 is 2.08 bits per heavy atom. The standard InChI is InChI=1S/C7H5N3O2/c11-6-1-3-10(4-2-6)7-9-8-5-12-7/h1-5H. The lowest BCUT2D eigenvalue weighted by Gasteiger charge is -1.95. The van der Waals surface area contributed by atoms with Crippen LogP contribution in [0, 0.1) is 0 Å². The molecule has 0 atom stereocenters. The molecule has 0 aliphatic carbocycles. The van der Waals surface area contributed by atoms with Crippen LogP contribution in [0.5, 0.6) is 0 Å². The zero-order valence-corrected chi connectivity index (χ0v) is 6.04. The van der Waals surface area contributed by atoms with Crippen LogP contribution < -0.4 is 5.43 Å². The van der Waals surface area contributed by atoms with E-state index in [1.165, 1.54) is 18.5 Å². The fourth-order valence-electron chi connectivity index (χ4n) is 0.820. The van der Waals surface area contributed by atoms with Gasteiger partial charge in [-0.2, -0.15) is 0 Å². The Morgan fingerprint density at radius 1 is 1.33 bits per heavy atom. The Morgan fingerprint density at radius 3 is 2.67 bits per heavy atom. The van der Waals surface area contributed by atoms with Gasteiger partial charge in [0.05, 0.1) is 0 Å². The summed E-state index contributed by atoms with van der Waals surface area (Å²) in [6.45, 7) is 0. The SMILES string of the molecule is O=c1ccn(-c2nnco2)cc1. The topological polar surface area (TPSA) is 60.9 Å². The van der Waals surface area contributed by atoms with Crippen LogP contribution >= 0.6 is 0 Å². The maximum atomic E-state index is 10.7. The summed E-state index contributed by atoms with van der Waals surface area (Å²) in [6.07, 6.45) is 4.36. The molecule has 0 saturated carbocycles. The van der Waals surface area contributed by atoms with Crippen molar-refractivity contribution in [3.05, 3.63) is 41.1 Å². The van der Waals surface area contributed by atoms with Crippen LogP contribution in [0.1, 0.15) is 0 Å². The molecule has 0 aliphatic heterocycles. The van der Waals surface area contributed by atoms with Crippen molar-refractivity contribution in [1.29, 1.82) is 0 Å². The Labute approximate surface area is 67.3 Å². The number of nitrogens with zero attached hydrogens (tertiary/aromatic N) is 3. The summed E-state index contributed by atoms with van der Waals surface area (Å²) in [5, 5.41) is 7.17. The number of pyridine rings is 1. The predicted octanol–water partition coefficient (Wildman–Crippen LogP) is 0.221. The average Bonchev–Trinajstić information content (AvgIpc) is 2.58. The summed E-state index contributed by atoms with van der Waals surface area (Å²) in [7, 11) is 0. The molecule has 0 unspecified atom stereocenters. The lowest BCUT2D eigenvalue weighted by Crippen LogP contribution is -2.01. The number of rotatable bonds is 1. The van der Waals surface area contributed by atoms with E-state index in [9.17, 15) is 4.79 Å². The monoisotopic (exact) mass is 163 g/mol. The van der Waals surface area contributed by atoms with E-state index < -0.39 is 0 Å². The second-order valence-corrected chi connectivity index (χ2v) is 2.16. The van der Waals surface area contributed by atoms with Gasteiger partial charge in [0.25, 0.3) is 0 Å². The highest BCUT2D eigenvalue weighted by molar-refractivity contribution is 5.06. The first kappa shape index (κ1) is 6.78. The van der Waals surface area contributed by atoms with Gasteiger partial charge in [-0.1, -0.05) is 5.10 Å². The van der Waals surface area contributed by atoms with Gasteiger partial charge in [-0.25, -0.2) is 0 Å². The minimum absolute atomic E-state index is 0.0502. The largest absolute Gasteiger partial charge is 0.410 e. The molecule has 5 nitrogen and oxygen atoms in total. The smallest absolute Gasteiger partial charge is 0.326 e. The van der Waals surface area contributed by atoms with Crippen molar-refractivity contribution in [1.82, 2.24) is 14.8 Å². The van der Waals surface area contributed by atoms with Crippen LogP contribution in [0.4, 0.5) is 0 Å². The van der Waals surface area contributed by atoms with E-state index in [0.717, 1.165) is 0 Å². The maximum Gasteiger partial charge on any atom is 0.326 e.